The molecule has 0 aliphatic heterocycles. The van der Waals surface area contributed by atoms with E-state index in [1.54, 1.807) is 10.9 Å². The average Bonchev–Trinajstić information content (AvgIpc) is 2.52. The smallest absolute Gasteiger partial charge is 0.295 e. The maximum atomic E-state index is 4.51. The Morgan fingerprint density at radius 2 is 1.81 bits per heavy atom. The zero-order valence-corrected chi connectivity index (χ0v) is 12.9. The fraction of sp³-hybridized carbons (Fsp3) is 0.0625. The number of nitrogens with zero attached hydrogens (tertiary/aromatic N) is 4. The van der Waals surface area contributed by atoms with Crippen molar-refractivity contribution in [3.63, 3.8) is 0 Å². The van der Waals surface area contributed by atoms with Crippen molar-refractivity contribution in [2.75, 3.05) is 0 Å². The monoisotopic (exact) mass is 341 g/mol. The van der Waals surface area contributed by atoms with Crippen LogP contribution < -0.4 is 10.3 Å². The molecule has 0 spiro atoms. The first kappa shape index (κ1) is 13.7. The molecule has 0 fully saturated rings. The molecule has 0 atom stereocenters. The van der Waals surface area contributed by atoms with E-state index < -0.39 is 0 Å². The Morgan fingerprint density at radius 1 is 1.05 bits per heavy atom. The van der Waals surface area contributed by atoms with Gasteiger partial charge >= 0.3 is 0 Å². The number of benzene rings is 1. The summed E-state index contributed by atoms with van der Waals surface area (Å²) in [7, 11) is 0. The predicted octanol–water partition coefficient (Wildman–Crippen LogP) is 2.35. The highest BCUT2D eigenvalue weighted by atomic mass is 79.9. The normalized spacial score (nSPS) is 11.6. The number of pyridine rings is 1. The van der Waals surface area contributed by atoms with Gasteiger partial charge in [0.2, 0.25) is 12.4 Å². The number of rotatable bonds is 3. The molecule has 0 N–H and O–H groups in total. The van der Waals surface area contributed by atoms with Gasteiger partial charge in [0.25, 0.3) is 5.62 Å². The summed E-state index contributed by atoms with van der Waals surface area (Å²) < 4.78 is 4.84. The van der Waals surface area contributed by atoms with Crippen LogP contribution in [0.5, 0.6) is 0 Å². The lowest BCUT2D eigenvalue weighted by Gasteiger charge is -2.05. The van der Waals surface area contributed by atoms with E-state index in [0.717, 1.165) is 11.0 Å². The van der Waals surface area contributed by atoms with E-state index in [2.05, 4.69) is 38.1 Å². The minimum atomic E-state index is 0.664. The fourth-order valence-corrected chi connectivity index (χ4v) is 2.21. The number of halogens is 1. The molecule has 104 valence electrons. The minimum Gasteiger partial charge on any atom is -0.308 e. The summed E-state index contributed by atoms with van der Waals surface area (Å²) in [6, 6.07) is 16.0. The molecule has 3 aromatic rings. The highest BCUT2D eigenvalue weighted by Crippen LogP contribution is 2.10. The quantitative estimate of drug-likeness (QED) is 0.673. The van der Waals surface area contributed by atoms with Crippen LogP contribution in [-0.2, 0) is 6.54 Å². The second kappa shape index (κ2) is 6.45. The van der Waals surface area contributed by atoms with Gasteiger partial charge in [-0.05, 0) is 23.8 Å². The predicted molar refractivity (Wildman–Crippen MR) is 83.1 cm³/mol. The molecule has 3 rings (SSSR count). The molecule has 0 radical (unpaired) electrons. The van der Waals surface area contributed by atoms with Crippen LogP contribution >= 0.6 is 15.9 Å². The third-order valence-electron chi connectivity index (χ3n) is 2.97. The van der Waals surface area contributed by atoms with Gasteiger partial charge in [-0.1, -0.05) is 38.8 Å². The zero-order chi connectivity index (χ0) is 14.5. The van der Waals surface area contributed by atoms with Gasteiger partial charge in [0.15, 0.2) is 0 Å². The molecule has 4 nitrogen and oxygen atoms in total. The third-order valence-corrected chi connectivity index (χ3v) is 3.50. The van der Waals surface area contributed by atoms with Crippen molar-refractivity contribution in [1.29, 1.82) is 0 Å². The van der Waals surface area contributed by atoms with Gasteiger partial charge in [0, 0.05) is 34.1 Å². The van der Waals surface area contributed by atoms with Gasteiger partial charge in [0.1, 0.15) is 0 Å². The lowest BCUT2D eigenvalue weighted by Crippen LogP contribution is -2.35. The Kier molecular flexibility index (Phi) is 4.21. The van der Waals surface area contributed by atoms with Crippen molar-refractivity contribution < 1.29 is 4.68 Å². The molecule has 0 saturated carbocycles. The molecule has 2 aromatic heterocycles. The molecular weight excluding hydrogens is 328 g/mol. The van der Waals surface area contributed by atoms with E-state index in [9.17, 15) is 0 Å². The van der Waals surface area contributed by atoms with E-state index in [4.69, 9.17) is 0 Å². The number of hydrogen-bond acceptors (Lipinski definition) is 2. The number of aromatic nitrogens is 3. The summed E-state index contributed by atoms with van der Waals surface area (Å²) in [6.45, 7) is 0.730. The minimum absolute atomic E-state index is 0.664. The first-order valence-corrected chi connectivity index (χ1v) is 7.38. The largest absolute Gasteiger partial charge is 0.308 e. The Hall–Kier alpha value is -2.27. The molecule has 0 unspecified atom stereocenters. The van der Waals surface area contributed by atoms with Crippen LogP contribution in [0.4, 0.5) is 0 Å². The summed E-state index contributed by atoms with van der Waals surface area (Å²) in [5, 5.41) is 4.51. The second-order valence-electron chi connectivity index (χ2n) is 4.53. The lowest BCUT2D eigenvalue weighted by atomic mass is 10.2. The number of hydrogen-bond donors (Lipinski definition) is 0. The van der Waals surface area contributed by atoms with Gasteiger partial charge in [0.05, 0.1) is 6.54 Å². The van der Waals surface area contributed by atoms with Crippen LogP contribution in [0, 0.1) is 0 Å². The van der Waals surface area contributed by atoms with Gasteiger partial charge in [-0.2, -0.15) is 0 Å². The van der Waals surface area contributed by atoms with Crippen LogP contribution in [-0.4, -0.2) is 9.55 Å². The van der Waals surface area contributed by atoms with E-state index in [1.165, 1.54) is 5.56 Å². The molecular formula is C16H14BrN4+. The summed E-state index contributed by atoms with van der Waals surface area (Å²) >= 11 is 3.45. The van der Waals surface area contributed by atoms with Crippen molar-refractivity contribution >= 4 is 15.9 Å². The van der Waals surface area contributed by atoms with Crippen LogP contribution in [0.2, 0.25) is 0 Å². The molecule has 0 amide bonds. The maximum absolute atomic E-state index is 4.51. The van der Waals surface area contributed by atoms with Crippen LogP contribution in [0.15, 0.2) is 82.9 Å². The topological polar surface area (TPSA) is 34.1 Å². The molecule has 0 bridgehead atoms. The van der Waals surface area contributed by atoms with Gasteiger partial charge in [-0.25, -0.2) is 4.98 Å². The molecule has 21 heavy (non-hydrogen) atoms. The second-order valence-corrected chi connectivity index (χ2v) is 5.45. The highest BCUT2D eigenvalue weighted by molar-refractivity contribution is 9.10. The summed E-state index contributed by atoms with van der Waals surface area (Å²) in [5.41, 5.74) is 1.86. The molecule has 1 aromatic carbocycles. The van der Waals surface area contributed by atoms with E-state index >= 15 is 0 Å². The highest BCUT2D eigenvalue weighted by Gasteiger charge is 2.01. The van der Waals surface area contributed by atoms with E-state index in [1.807, 2.05) is 59.6 Å². The summed E-state index contributed by atoms with van der Waals surface area (Å²) in [4.78, 5) is 4.35. The van der Waals surface area contributed by atoms with Crippen molar-refractivity contribution in [1.82, 2.24) is 9.55 Å². The van der Waals surface area contributed by atoms with Crippen LogP contribution in [0.3, 0.4) is 0 Å². The van der Waals surface area contributed by atoms with Crippen LogP contribution in [0.1, 0.15) is 5.56 Å². The fourth-order valence-electron chi connectivity index (χ4n) is 1.95. The first-order chi connectivity index (χ1) is 10.3. The Balaban J connectivity index is 1.96. The van der Waals surface area contributed by atoms with E-state index in [-0.39, 0.29) is 0 Å². The molecule has 5 heteroatoms. The Morgan fingerprint density at radius 3 is 2.57 bits per heavy atom. The zero-order valence-electron chi connectivity index (χ0n) is 11.3. The summed E-state index contributed by atoms with van der Waals surface area (Å²) in [5.74, 6) is 0. The third kappa shape index (κ3) is 3.64. The van der Waals surface area contributed by atoms with Crippen molar-refractivity contribution in [3.8, 4) is 0 Å². The van der Waals surface area contributed by atoms with Gasteiger partial charge < -0.3 is 4.57 Å². The summed E-state index contributed by atoms with van der Waals surface area (Å²) in [6.07, 6.45) is 7.51. The van der Waals surface area contributed by atoms with Crippen molar-refractivity contribution in [2.24, 2.45) is 5.10 Å². The SMILES string of the molecule is Brc1ccc(Cn2cccn/c2=N\[n+]2ccccc2)cc1. The van der Waals surface area contributed by atoms with Gasteiger partial charge in [-0.3, -0.25) is 0 Å². The Bertz CT molecular complexity index is 779. The molecule has 2 heterocycles. The van der Waals surface area contributed by atoms with Crippen LogP contribution in [0.25, 0.3) is 0 Å². The van der Waals surface area contributed by atoms with Crippen molar-refractivity contribution in [3.05, 3.63) is 89.0 Å². The maximum Gasteiger partial charge on any atom is 0.295 e. The standard InChI is InChI=1S/C16H14BrN4/c17-15-7-5-14(6-8-15)13-20-10-4-9-18-16(20)19-21-11-2-1-3-12-21/h1-12H,13H2/q+1/b19-16+. The van der Waals surface area contributed by atoms with Crippen molar-refractivity contribution in [2.45, 2.75) is 6.54 Å². The lowest BCUT2D eigenvalue weighted by molar-refractivity contribution is -0.683. The molecule has 0 aliphatic carbocycles. The van der Waals surface area contributed by atoms with Gasteiger partial charge in [-0.15, -0.1) is 0 Å². The van der Waals surface area contributed by atoms with E-state index in [0.29, 0.717) is 5.62 Å². The molecule has 0 saturated heterocycles. The first-order valence-electron chi connectivity index (χ1n) is 6.58. The Labute approximate surface area is 131 Å². The molecule has 0 aliphatic rings. The average molecular weight is 342 g/mol.